The Morgan fingerprint density at radius 2 is 1.68 bits per heavy atom. The van der Waals surface area contributed by atoms with Gasteiger partial charge in [0.15, 0.2) is 0 Å². The minimum Gasteiger partial charge on any atom is -0.315 e. The third kappa shape index (κ3) is 6.68. The molecular weight excluding hydrogens is 292 g/mol. The minimum atomic E-state index is 0.361. The molecule has 1 N–H and O–H groups in total. The van der Waals surface area contributed by atoms with E-state index in [0.717, 1.165) is 31.2 Å². The summed E-state index contributed by atoms with van der Waals surface area (Å²) in [5.74, 6) is 0. The number of rotatable bonds is 12. The topological polar surface area (TPSA) is 15.3 Å². The molecule has 1 rings (SSSR count). The number of hydrogen-bond acceptors (Lipinski definition) is 2. The van der Waals surface area contributed by atoms with Gasteiger partial charge in [-0.1, -0.05) is 76.3 Å². The number of nitrogens with zero attached hydrogens (tertiary/aromatic N) is 1. The van der Waals surface area contributed by atoms with E-state index in [1.54, 1.807) is 0 Å². The highest BCUT2D eigenvalue weighted by molar-refractivity contribution is 6.31. The number of halogens is 1. The van der Waals surface area contributed by atoms with E-state index >= 15 is 0 Å². The Hall–Kier alpha value is -0.570. The van der Waals surface area contributed by atoms with Crippen molar-refractivity contribution >= 4 is 11.6 Å². The van der Waals surface area contributed by atoms with Gasteiger partial charge < -0.3 is 5.32 Å². The lowest BCUT2D eigenvalue weighted by atomic mass is 10.0. The van der Waals surface area contributed by atoms with E-state index in [1.165, 1.54) is 37.7 Å². The summed E-state index contributed by atoms with van der Waals surface area (Å²) in [6.07, 6.45) is 6.64. The first kappa shape index (κ1) is 19.5. The van der Waals surface area contributed by atoms with E-state index in [2.05, 4.69) is 43.1 Å². The molecule has 0 aliphatic heterocycles. The van der Waals surface area contributed by atoms with Crippen LogP contribution in [0, 0.1) is 0 Å². The van der Waals surface area contributed by atoms with Crippen molar-refractivity contribution in [3.05, 3.63) is 34.9 Å². The van der Waals surface area contributed by atoms with Crippen molar-refractivity contribution in [1.82, 2.24) is 10.2 Å². The summed E-state index contributed by atoms with van der Waals surface area (Å²) >= 11 is 6.42. The van der Waals surface area contributed by atoms with E-state index < -0.39 is 0 Å². The normalized spacial score (nSPS) is 12.8. The predicted octanol–water partition coefficient (Wildman–Crippen LogP) is 5.28. The van der Waals surface area contributed by atoms with Gasteiger partial charge in [0.1, 0.15) is 0 Å². The van der Waals surface area contributed by atoms with Gasteiger partial charge in [-0.05, 0) is 37.7 Å². The first-order valence-corrected chi connectivity index (χ1v) is 9.31. The second-order valence-corrected chi connectivity index (χ2v) is 6.28. The Labute approximate surface area is 142 Å². The van der Waals surface area contributed by atoms with Gasteiger partial charge in [0, 0.05) is 17.6 Å². The van der Waals surface area contributed by atoms with E-state index in [9.17, 15) is 0 Å². The molecule has 0 bridgehead atoms. The van der Waals surface area contributed by atoms with Gasteiger partial charge in [0.2, 0.25) is 0 Å². The van der Waals surface area contributed by atoms with Crippen molar-refractivity contribution in [1.29, 1.82) is 0 Å². The largest absolute Gasteiger partial charge is 0.315 e. The van der Waals surface area contributed by atoms with Crippen LogP contribution in [0.15, 0.2) is 24.3 Å². The van der Waals surface area contributed by atoms with E-state index in [-0.39, 0.29) is 0 Å². The van der Waals surface area contributed by atoms with Gasteiger partial charge in [0.25, 0.3) is 0 Å². The van der Waals surface area contributed by atoms with Crippen molar-refractivity contribution in [2.24, 2.45) is 0 Å². The number of hydrogen-bond donors (Lipinski definition) is 1. The van der Waals surface area contributed by atoms with Gasteiger partial charge in [0.05, 0.1) is 0 Å². The van der Waals surface area contributed by atoms with Gasteiger partial charge in [-0.25, -0.2) is 0 Å². The standard InChI is InChI=1S/C19H33ClN2/c1-4-7-8-9-12-15-21-16-19(22(5-2)6-3)17-13-10-11-14-18(17)20/h10-11,13-14,19,21H,4-9,12,15-16H2,1-3H3. The molecule has 1 aromatic carbocycles. The van der Waals surface area contributed by atoms with Crippen LogP contribution in [0.4, 0.5) is 0 Å². The number of benzene rings is 1. The Balaban J connectivity index is 2.52. The Kier molecular flexibility index (Phi) is 10.6. The SMILES string of the molecule is CCCCCCCNCC(c1ccccc1Cl)N(CC)CC. The summed E-state index contributed by atoms with van der Waals surface area (Å²) in [5.41, 5.74) is 1.24. The first-order chi connectivity index (χ1) is 10.7. The van der Waals surface area contributed by atoms with Crippen LogP contribution in [0.2, 0.25) is 5.02 Å². The van der Waals surface area contributed by atoms with Crippen LogP contribution >= 0.6 is 11.6 Å². The van der Waals surface area contributed by atoms with Gasteiger partial charge in [-0.15, -0.1) is 0 Å². The lowest BCUT2D eigenvalue weighted by Crippen LogP contribution is -2.36. The maximum absolute atomic E-state index is 6.42. The van der Waals surface area contributed by atoms with E-state index in [1.807, 2.05) is 12.1 Å². The maximum atomic E-state index is 6.42. The van der Waals surface area contributed by atoms with Crippen LogP contribution in [0.25, 0.3) is 0 Å². The smallest absolute Gasteiger partial charge is 0.0487 e. The fourth-order valence-electron chi connectivity index (χ4n) is 2.94. The molecule has 0 spiro atoms. The quantitative estimate of drug-likeness (QED) is 0.526. The van der Waals surface area contributed by atoms with Crippen LogP contribution < -0.4 is 5.32 Å². The molecule has 1 aromatic rings. The van der Waals surface area contributed by atoms with E-state index in [0.29, 0.717) is 6.04 Å². The van der Waals surface area contributed by atoms with Crippen LogP contribution in [0.5, 0.6) is 0 Å². The zero-order valence-electron chi connectivity index (χ0n) is 14.6. The fourth-order valence-corrected chi connectivity index (χ4v) is 3.20. The molecule has 126 valence electrons. The zero-order chi connectivity index (χ0) is 16.2. The lowest BCUT2D eigenvalue weighted by molar-refractivity contribution is 0.213. The van der Waals surface area contributed by atoms with Crippen molar-refractivity contribution in [2.45, 2.75) is 58.9 Å². The molecule has 3 heteroatoms. The summed E-state index contributed by atoms with van der Waals surface area (Å²) < 4.78 is 0. The maximum Gasteiger partial charge on any atom is 0.0487 e. The highest BCUT2D eigenvalue weighted by Gasteiger charge is 2.19. The van der Waals surface area contributed by atoms with Crippen LogP contribution in [-0.2, 0) is 0 Å². The average Bonchev–Trinajstić information content (AvgIpc) is 2.54. The van der Waals surface area contributed by atoms with Crippen LogP contribution in [0.1, 0.15) is 64.5 Å². The molecule has 2 nitrogen and oxygen atoms in total. The second kappa shape index (κ2) is 11.9. The van der Waals surface area contributed by atoms with Crippen LogP contribution in [0.3, 0.4) is 0 Å². The molecular formula is C19H33ClN2. The van der Waals surface area contributed by atoms with Crippen molar-refractivity contribution in [2.75, 3.05) is 26.2 Å². The number of nitrogens with one attached hydrogen (secondary N) is 1. The molecule has 1 unspecified atom stereocenters. The number of unbranched alkanes of at least 4 members (excludes halogenated alkanes) is 4. The Morgan fingerprint density at radius 1 is 1.00 bits per heavy atom. The van der Waals surface area contributed by atoms with Gasteiger partial charge in [-0.2, -0.15) is 0 Å². The van der Waals surface area contributed by atoms with Crippen molar-refractivity contribution in [3.63, 3.8) is 0 Å². The van der Waals surface area contributed by atoms with Gasteiger partial charge >= 0.3 is 0 Å². The molecule has 0 heterocycles. The van der Waals surface area contributed by atoms with Crippen molar-refractivity contribution < 1.29 is 0 Å². The summed E-state index contributed by atoms with van der Waals surface area (Å²) in [6, 6.07) is 8.61. The number of likely N-dealkylation sites (N-methyl/N-ethyl adjacent to an activating group) is 1. The highest BCUT2D eigenvalue weighted by atomic mass is 35.5. The summed E-state index contributed by atoms with van der Waals surface area (Å²) in [6.45, 7) is 10.9. The molecule has 1 atom stereocenters. The predicted molar refractivity (Wildman–Crippen MR) is 98.7 cm³/mol. The van der Waals surface area contributed by atoms with E-state index in [4.69, 9.17) is 11.6 Å². The molecule has 0 amide bonds. The van der Waals surface area contributed by atoms with Crippen molar-refractivity contribution in [3.8, 4) is 0 Å². The molecule has 0 saturated heterocycles. The average molecular weight is 325 g/mol. The molecule has 0 fully saturated rings. The molecule has 0 aromatic heterocycles. The monoisotopic (exact) mass is 324 g/mol. The third-order valence-corrected chi connectivity index (χ3v) is 4.66. The molecule has 0 aliphatic carbocycles. The lowest BCUT2D eigenvalue weighted by Gasteiger charge is -2.31. The Bertz CT molecular complexity index is 391. The molecule has 0 saturated carbocycles. The summed E-state index contributed by atoms with van der Waals surface area (Å²) in [5, 5.41) is 4.52. The first-order valence-electron chi connectivity index (χ1n) is 8.93. The minimum absolute atomic E-state index is 0.361. The Morgan fingerprint density at radius 3 is 2.32 bits per heavy atom. The third-order valence-electron chi connectivity index (χ3n) is 4.31. The summed E-state index contributed by atoms with van der Waals surface area (Å²) in [4.78, 5) is 2.48. The second-order valence-electron chi connectivity index (χ2n) is 5.88. The molecule has 22 heavy (non-hydrogen) atoms. The van der Waals surface area contributed by atoms with Crippen LogP contribution in [-0.4, -0.2) is 31.1 Å². The van der Waals surface area contributed by atoms with Gasteiger partial charge in [-0.3, -0.25) is 4.90 Å². The highest BCUT2D eigenvalue weighted by Crippen LogP contribution is 2.26. The molecule has 0 radical (unpaired) electrons. The summed E-state index contributed by atoms with van der Waals surface area (Å²) in [7, 11) is 0. The zero-order valence-corrected chi connectivity index (χ0v) is 15.3. The molecule has 0 aliphatic rings. The fraction of sp³-hybridized carbons (Fsp3) is 0.684.